The van der Waals surface area contributed by atoms with E-state index in [0.29, 0.717) is 5.92 Å². The van der Waals surface area contributed by atoms with Crippen molar-refractivity contribution in [3.63, 3.8) is 0 Å². The molecule has 0 saturated heterocycles. The Hall–Kier alpha value is 0.436. The molecule has 0 saturated carbocycles. The number of carbonyl (C=O) groups is 1. The summed E-state index contributed by atoms with van der Waals surface area (Å²) >= 11 is 0. The van der Waals surface area contributed by atoms with E-state index >= 15 is 0 Å². The standard InChI is InChI=1S/C6H12O.Mg.2H/c1-3-6(2)4-5-7;;;/h5-6H,3-4H2,1-2H3;;;/q;+2;2*-1. The molecule has 0 radical (unpaired) electrons. The van der Waals surface area contributed by atoms with Gasteiger partial charge in [0, 0.05) is 6.42 Å². The van der Waals surface area contributed by atoms with E-state index in [4.69, 9.17) is 0 Å². The third-order valence-corrected chi connectivity index (χ3v) is 1.20. The first-order valence-electron chi connectivity index (χ1n) is 2.74. The van der Waals surface area contributed by atoms with E-state index in [2.05, 4.69) is 13.8 Å². The predicted molar refractivity (Wildman–Crippen MR) is 38.1 cm³/mol. The van der Waals surface area contributed by atoms with Crippen LogP contribution in [0.1, 0.15) is 29.5 Å². The van der Waals surface area contributed by atoms with E-state index in [1.807, 2.05) is 0 Å². The van der Waals surface area contributed by atoms with Gasteiger partial charge in [0.25, 0.3) is 0 Å². The Morgan fingerprint density at radius 3 is 2.38 bits per heavy atom. The van der Waals surface area contributed by atoms with Gasteiger partial charge in [0.15, 0.2) is 0 Å². The normalized spacial score (nSPS) is 11.8. The second-order valence-electron chi connectivity index (χ2n) is 1.92. The van der Waals surface area contributed by atoms with Gasteiger partial charge in [0.2, 0.25) is 0 Å². The molecular weight excluding hydrogens is 112 g/mol. The van der Waals surface area contributed by atoms with Gasteiger partial charge in [0.1, 0.15) is 6.29 Å². The minimum Gasteiger partial charge on any atom is -1.00 e. The van der Waals surface area contributed by atoms with Crippen LogP contribution in [0.25, 0.3) is 0 Å². The summed E-state index contributed by atoms with van der Waals surface area (Å²) in [4.78, 5) is 9.77. The molecule has 1 atom stereocenters. The Labute approximate surface area is 70.0 Å². The van der Waals surface area contributed by atoms with Crippen LogP contribution in [0.15, 0.2) is 0 Å². The zero-order valence-corrected chi connectivity index (χ0v) is 7.10. The Balaban J connectivity index is -0.0000000600. The van der Waals surface area contributed by atoms with Gasteiger partial charge in [-0.3, -0.25) is 0 Å². The fourth-order valence-corrected chi connectivity index (χ4v) is 0.331. The van der Waals surface area contributed by atoms with E-state index in [0.717, 1.165) is 19.1 Å². The van der Waals surface area contributed by atoms with Gasteiger partial charge < -0.3 is 7.65 Å². The first kappa shape index (κ1) is 11.3. The van der Waals surface area contributed by atoms with Crippen LogP contribution in [0.3, 0.4) is 0 Å². The molecular formula is C6H14MgO. The second-order valence-corrected chi connectivity index (χ2v) is 1.92. The molecule has 0 aromatic heterocycles. The van der Waals surface area contributed by atoms with Crippen LogP contribution in [-0.2, 0) is 4.79 Å². The van der Waals surface area contributed by atoms with Crippen molar-refractivity contribution in [2.24, 2.45) is 5.92 Å². The van der Waals surface area contributed by atoms with Crippen molar-refractivity contribution in [2.45, 2.75) is 26.7 Å². The van der Waals surface area contributed by atoms with Crippen molar-refractivity contribution < 1.29 is 7.65 Å². The van der Waals surface area contributed by atoms with E-state index in [-0.39, 0.29) is 25.9 Å². The third kappa shape index (κ3) is 6.44. The van der Waals surface area contributed by atoms with Gasteiger partial charge in [-0.15, -0.1) is 0 Å². The van der Waals surface area contributed by atoms with Gasteiger partial charge in [0.05, 0.1) is 0 Å². The van der Waals surface area contributed by atoms with E-state index < -0.39 is 0 Å². The zero-order valence-electron chi connectivity index (χ0n) is 7.68. The Kier molecular flexibility index (Phi) is 10.5. The molecule has 0 aromatic carbocycles. The Bertz CT molecular complexity index is 61.7. The molecule has 0 bridgehead atoms. The first-order chi connectivity index (χ1) is 3.31. The smallest absolute Gasteiger partial charge is 1.00 e. The number of hydrogen-bond donors (Lipinski definition) is 0. The number of hydrogen-bond acceptors (Lipinski definition) is 1. The molecule has 0 fully saturated rings. The largest absolute Gasteiger partial charge is 2.00 e. The molecule has 0 aromatic rings. The van der Waals surface area contributed by atoms with Crippen LogP contribution in [-0.4, -0.2) is 29.3 Å². The van der Waals surface area contributed by atoms with Crippen LogP contribution in [0.5, 0.6) is 0 Å². The molecule has 2 heteroatoms. The summed E-state index contributed by atoms with van der Waals surface area (Å²) in [7, 11) is 0. The van der Waals surface area contributed by atoms with Crippen LogP contribution < -0.4 is 0 Å². The van der Waals surface area contributed by atoms with Crippen LogP contribution in [0, 0.1) is 5.92 Å². The monoisotopic (exact) mass is 126 g/mol. The van der Waals surface area contributed by atoms with Gasteiger partial charge in [-0.25, -0.2) is 0 Å². The second kappa shape index (κ2) is 7.44. The van der Waals surface area contributed by atoms with Crippen LogP contribution in [0.4, 0.5) is 0 Å². The Morgan fingerprint density at radius 2 is 2.25 bits per heavy atom. The van der Waals surface area contributed by atoms with Crippen molar-refractivity contribution in [3.8, 4) is 0 Å². The summed E-state index contributed by atoms with van der Waals surface area (Å²) in [5.74, 6) is 0.581. The predicted octanol–water partition coefficient (Wildman–Crippen LogP) is 1.47. The van der Waals surface area contributed by atoms with Crippen molar-refractivity contribution in [1.29, 1.82) is 0 Å². The van der Waals surface area contributed by atoms with E-state index in [1.165, 1.54) is 0 Å². The minimum absolute atomic E-state index is 0. The average molecular weight is 126 g/mol. The molecule has 1 unspecified atom stereocenters. The molecule has 0 aliphatic heterocycles. The van der Waals surface area contributed by atoms with Crippen LogP contribution in [0.2, 0.25) is 0 Å². The molecule has 0 aliphatic carbocycles. The third-order valence-electron chi connectivity index (χ3n) is 1.20. The fraction of sp³-hybridized carbons (Fsp3) is 0.833. The molecule has 0 spiro atoms. The number of rotatable bonds is 3. The van der Waals surface area contributed by atoms with Gasteiger partial charge >= 0.3 is 23.1 Å². The molecule has 0 N–H and O–H groups in total. The summed E-state index contributed by atoms with van der Waals surface area (Å²) in [6.45, 7) is 4.17. The molecule has 0 amide bonds. The van der Waals surface area contributed by atoms with Crippen molar-refractivity contribution in [3.05, 3.63) is 0 Å². The summed E-state index contributed by atoms with van der Waals surface area (Å²) in [6.07, 6.45) is 2.81. The molecule has 0 heterocycles. The maximum atomic E-state index is 9.77. The van der Waals surface area contributed by atoms with Crippen molar-refractivity contribution in [1.82, 2.24) is 0 Å². The maximum absolute atomic E-state index is 9.77. The van der Waals surface area contributed by atoms with Gasteiger partial charge in [-0.05, 0) is 5.92 Å². The van der Waals surface area contributed by atoms with Crippen LogP contribution >= 0.6 is 0 Å². The van der Waals surface area contributed by atoms with Gasteiger partial charge in [-0.2, -0.15) is 0 Å². The first-order valence-corrected chi connectivity index (χ1v) is 2.74. The molecule has 1 nitrogen and oxygen atoms in total. The van der Waals surface area contributed by atoms with Crippen molar-refractivity contribution >= 4 is 29.3 Å². The zero-order chi connectivity index (χ0) is 5.70. The minimum atomic E-state index is 0. The number of carbonyl (C=O) groups excluding carboxylic acids is 1. The molecule has 46 valence electrons. The topological polar surface area (TPSA) is 17.1 Å². The number of aldehydes is 1. The maximum Gasteiger partial charge on any atom is 2.00 e. The molecule has 0 rings (SSSR count). The SMILES string of the molecule is CCC(C)CC=O.[H-].[H-].[Mg+2]. The molecule has 8 heavy (non-hydrogen) atoms. The summed E-state index contributed by atoms with van der Waals surface area (Å²) in [5.41, 5.74) is 0. The van der Waals surface area contributed by atoms with Crippen molar-refractivity contribution in [2.75, 3.05) is 0 Å². The Morgan fingerprint density at radius 1 is 1.75 bits per heavy atom. The van der Waals surface area contributed by atoms with E-state index in [9.17, 15) is 4.79 Å². The summed E-state index contributed by atoms with van der Waals surface area (Å²) < 4.78 is 0. The average Bonchev–Trinajstić information content (AvgIpc) is 1.68. The fourth-order valence-electron chi connectivity index (χ4n) is 0.331. The summed E-state index contributed by atoms with van der Waals surface area (Å²) in [6, 6.07) is 0. The quantitative estimate of drug-likeness (QED) is 0.413. The van der Waals surface area contributed by atoms with E-state index in [1.54, 1.807) is 0 Å². The molecule has 0 aliphatic rings. The van der Waals surface area contributed by atoms with Gasteiger partial charge in [-0.1, -0.05) is 20.3 Å². The summed E-state index contributed by atoms with van der Waals surface area (Å²) in [5, 5.41) is 0.